The molecule has 39 heavy (non-hydrogen) atoms. The fourth-order valence-electron chi connectivity index (χ4n) is 4.02. The van der Waals surface area contributed by atoms with Gasteiger partial charge in [0.25, 0.3) is 5.91 Å². The van der Waals surface area contributed by atoms with Gasteiger partial charge in [-0.05, 0) is 56.3 Å². The lowest BCUT2D eigenvalue weighted by atomic mass is 10.2. The van der Waals surface area contributed by atoms with Crippen molar-refractivity contribution in [3.05, 3.63) is 58.6 Å². The molecule has 0 atom stereocenters. The number of carbonyl (C=O) groups excluding carboxylic acids is 3. The molecule has 0 saturated carbocycles. The number of aromatic nitrogens is 1. The quantitative estimate of drug-likeness (QED) is 0.394. The van der Waals surface area contributed by atoms with Gasteiger partial charge in [0.1, 0.15) is 12.4 Å². The highest BCUT2D eigenvalue weighted by atomic mass is 32.2. The largest absolute Gasteiger partial charge is 0.465 e. The zero-order valence-electron chi connectivity index (χ0n) is 21.3. The molecular weight excluding hydrogens is 551 g/mol. The van der Waals surface area contributed by atoms with E-state index in [1.54, 1.807) is 13.8 Å². The van der Waals surface area contributed by atoms with Crippen molar-refractivity contribution < 1.29 is 36.7 Å². The standard InChI is InChI=1S/C25H27FN4O7S2/c1-3-36-22(31)16-30-20-10-7-18(26)15-21(20)38-24(30)27-23(32)17-5-8-19(9-6-17)39(34,35)29-13-11-28(12-14-29)25(33)37-4-2/h5-10,15H,3-4,11-14,16H2,1-2H3. The van der Waals surface area contributed by atoms with Crippen molar-refractivity contribution >= 4 is 49.5 Å². The summed E-state index contributed by atoms with van der Waals surface area (Å²) < 4.78 is 53.2. The Labute approximate surface area is 228 Å². The van der Waals surface area contributed by atoms with Gasteiger partial charge in [0.05, 0.1) is 28.3 Å². The summed E-state index contributed by atoms with van der Waals surface area (Å²) in [5, 5.41) is 0. The second kappa shape index (κ2) is 12.1. The number of amides is 2. The van der Waals surface area contributed by atoms with E-state index in [2.05, 4.69) is 4.99 Å². The highest BCUT2D eigenvalue weighted by Gasteiger charge is 2.30. The minimum absolute atomic E-state index is 0.00153. The third-order valence-electron chi connectivity index (χ3n) is 5.94. The predicted octanol–water partition coefficient (Wildman–Crippen LogP) is 2.61. The van der Waals surface area contributed by atoms with Crippen LogP contribution in [0.4, 0.5) is 9.18 Å². The maximum Gasteiger partial charge on any atom is 0.409 e. The number of fused-ring (bicyclic) bond motifs is 1. The van der Waals surface area contributed by atoms with Gasteiger partial charge >= 0.3 is 12.1 Å². The lowest BCUT2D eigenvalue weighted by molar-refractivity contribution is -0.143. The molecule has 1 fully saturated rings. The number of piperazine rings is 1. The number of hydrogen-bond donors (Lipinski definition) is 0. The average Bonchev–Trinajstić information content (AvgIpc) is 3.24. The summed E-state index contributed by atoms with van der Waals surface area (Å²) in [5.41, 5.74) is 0.651. The second-order valence-electron chi connectivity index (χ2n) is 8.42. The Bertz CT molecular complexity index is 1560. The lowest BCUT2D eigenvalue weighted by Crippen LogP contribution is -2.50. The first kappa shape index (κ1) is 28.4. The van der Waals surface area contributed by atoms with E-state index in [0.717, 1.165) is 11.3 Å². The van der Waals surface area contributed by atoms with Crippen LogP contribution < -0.4 is 4.80 Å². The van der Waals surface area contributed by atoms with Crippen LogP contribution in [0.25, 0.3) is 10.2 Å². The van der Waals surface area contributed by atoms with Gasteiger partial charge in [0, 0.05) is 31.7 Å². The Morgan fingerprint density at radius 1 is 0.974 bits per heavy atom. The SMILES string of the molecule is CCOC(=O)Cn1c(=NC(=O)c2ccc(S(=O)(=O)N3CCN(C(=O)OCC)CC3)cc2)sc2cc(F)ccc21. The van der Waals surface area contributed by atoms with Gasteiger partial charge in [-0.25, -0.2) is 17.6 Å². The van der Waals surface area contributed by atoms with Gasteiger partial charge in [0.15, 0.2) is 4.80 Å². The van der Waals surface area contributed by atoms with Crippen LogP contribution in [0.15, 0.2) is 52.4 Å². The molecule has 0 radical (unpaired) electrons. The van der Waals surface area contributed by atoms with Crippen molar-refractivity contribution in [3.63, 3.8) is 0 Å². The molecule has 0 N–H and O–H groups in total. The molecule has 2 amide bonds. The second-order valence-corrected chi connectivity index (χ2v) is 11.4. The van der Waals surface area contributed by atoms with Crippen LogP contribution in [0.3, 0.4) is 0 Å². The van der Waals surface area contributed by atoms with Crippen molar-refractivity contribution in [2.45, 2.75) is 25.3 Å². The van der Waals surface area contributed by atoms with Crippen molar-refractivity contribution in [1.82, 2.24) is 13.8 Å². The zero-order chi connectivity index (χ0) is 28.2. The summed E-state index contributed by atoms with van der Waals surface area (Å²) in [4.78, 5) is 42.7. The van der Waals surface area contributed by atoms with E-state index in [9.17, 15) is 27.2 Å². The summed E-state index contributed by atoms with van der Waals surface area (Å²) in [6.07, 6.45) is -0.478. The van der Waals surface area contributed by atoms with Gasteiger partial charge in [-0.2, -0.15) is 9.30 Å². The van der Waals surface area contributed by atoms with Crippen molar-refractivity contribution in [2.75, 3.05) is 39.4 Å². The number of rotatable bonds is 7. The average molecular weight is 579 g/mol. The van der Waals surface area contributed by atoms with Gasteiger partial charge in [-0.3, -0.25) is 9.59 Å². The molecule has 2 aromatic carbocycles. The van der Waals surface area contributed by atoms with Gasteiger partial charge < -0.3 is 18.9 Å². The summed E-state index contributed by atoms with van der Waals surface area (Å²) in [6, 6.07) is 9.39. The fraction of sp³-hybridized carbons (Fsp3) is 0.360. The van der Waals surface area contributed by atoms with Gasteiger partial charge in [-0.1, -0.05) is 11.3 Å². The number of carbonyl (C=O) groups is 3. The van der Waals surface area contributed by atoms with Gasteiger partial charge in [0.2, 0.25) is 10.0 Å². The first-order chi connectivity index (χ1) is 18.6. The number of halogens is 1. The third-order valence-corrected chi connectivity index (χ3v) is 8.89. The van der Waals surface area contributed by atoms with Crippen molar-refractivity contribution in [1.29, 1.82) is 0 Å². The molecule has 3 aromatic rings. The van der Waals surface area contributed by atoms with E-state index >= 15 is 0 Å². The predicted molar refractivity (Wildman–Crippen MR) is 140 cm³/mol. The van der Waals surface area contributed by atoms with E-state index in [4.69, 9.17) is 9.47 Å². The number of nitrogens with zero attached hydrogens (tertiary/aromatic N) is 4. The van der Waals surface area contributed by atoms with Crippen molar-refractivity contribution in [2.24, 2.45) is 4.99 Å². The summed E-state index contributed by atoms with van der Waals surface area (Å²) in [7, 11) is -3.85. The van der Waals surface area contributed by atoms with E-state index in [1.807, 2.05) is 0 Å². The van der Waals surface area contributed by atoms with Crippen LogP contribution in [0.5, 0.6) is 0 Å². The molecule has 1 aliphatic rings. The molecule has 4 rings (SSSR count). The highest BCUT2D eigenvalue weighted by Crippen LogP contribution is 2.21. The Morgan fingerprint density at radius 2 is 1.64 bits per heavy atom. The number of sulfonamides is 1. The molecule has 2 heterocycles. The number of esters is 1. The maximum absolute atomic E-state index is 13.8. The van der Waals surface area contributed by atoms with E-state index in [1.165, 1.54) is 56.2 Å². The molecule has 11 nitrogen and oxygen atoms in total. The highest BCUT2D eigenvalue weighted by molar-refractivity contribution is 7.89. The Balaban J connectivity index is 1.55. The minimum atomic E-state index is -3.85. The van der Waals surface area contributed by atoms with E-state index in [0.29, 0.717) is 10.2 Å². The van der Waals surface area contributed by atoms with Crippen LogP contribution in [0, 0.1) is 5.82 Å². The molecular formula is C25H27FN4O7S2. The van der Waals surface area contributed by atoms with E-state index in [-0.39, 0.29) is 61.2 Å². The molecule has 208 valence electrons. The van der Waals surface area contributed by atoms with E-state index < -0.39 is 33.8 Å². The molecule has 0 aliphatic carbocycles. The molecule has 0 spiro atoms. The van der Waals surface area contributed by atoms with Crippen LogP contribution in [-0.2, 0) is 30.8 Å². The number of ether oxygens (including phenoxy) is 2. The number of hydrogen-bond acceptors (Lipinski definition) is 8. The third kappa shape index (κ3) is 6.34. The monoisotopic (exact) mass is 578 g/mol. The molecule has 14 heteroatoms. The first-order valence-electron chi connectivity index (χ1n) is 12.2. The smallest absolute Gasteiger partial charge is 0.409 e. The summed E-state index contributed by atoms with van der Waals surface area (Å²) in [5.74, 6) is -1.66. The zero-order valence-corrected chi connectivity index (χ0v) is 23.0. The summed E-state index contributed by atoms with van der Waals surface area (Å²) in [6.45, 7) is 4.22. The Morgan fingerprint density at radius 3 is 2.28 bits per heavy atom. The molecule has 1 aliphatic heterocycles. The van der Waals surface area contributed by atoms with Crippen molar-refractivity contribution in [3.8, 4) is 0 Å². The first-order valence-corrected chi connectivity index (χ1v) is 14.4. The molecule has 1 saturated heterocycles. The van der Waals surface area contributed by atoms with Gasteiger partial charge in [-0.15, -0.1) is 0 Å². The van der Waals surface area contributed by atoms with Crippen LogP contribution in [0.1, 0.15) is 24.2 Å². The number of thiazole rings is 1. The number of benzene rings is 2. The fourth-order valence-corrected chi connectivity index (χ4v) is 6.49. The molecule has 1 aromatic heterocycles. The summed E-state index contributed by atoms with van der Waals surface area (Å²) >= 11 is 1.04. The Kier molecular flexibility index (Phi) is 8.77. The normalized spacial score (nSPS) is 14.9. The van der Waals surface area contributed by atoms with Crippen LogP contribution in [0.2, 0.25) is 0 Å². The van der Waals surface area contributed by atoms with Crippen LogP contribution in [-0.4, -0.2) is 79.6 Å². The molecule has 0 bridgehead atoms. The minimum Gasteiger partial charge on any atom is -0.465 e. The lowest BCUT2D eigenvalue weighted by Gasteiger charge is -2.33. The topological polar surface area (TPSA) is 128 Å². The maximum atomic E-state index is 13.8. The van der Waals surface area contributed by atoms with Crippen LogP contribution >= 0.6 is 11.3 Å². The Hall–Kier alpha value is -3.62. The molecule has 0 unspecified atom stereocenters.